The normalized spacial score (nSPS) is 10.3. The first kappa shape index (κ1) is 17.1. The van der Waals surface area contributed by atoms with Gasteiger partial charge in [-0.2, -0.15) is 0 Å². The molecule has 7 heteroatoms. The minimum absolute atomic E-state index is 0.0895. The van der Waals surface area contributed by atoms with E-state index >= 15 is 0 Å². The number of benzene rings is 1. The van der Waals surface area contributed by atoms with Crippen molar-refractivity contribution in [1.29, 1.82) is 0 Å². The van der Waals surface area contributed by atoms with Gasteiger partial charge in [-0.05, 0) is 37.5 Å². The Morgan fingerprint density at radius 1 is 1.22 bits per heavy atom. The smallest absolute Gasteiger partial charge is 0.264 e. The van der Waals surface area contributed by atoms with Gasteiger partial charge in [-0.15, -0.1) is 10.2 Å². The van der Waals surface area contributed by atoms with Gasteiger partial charge in [0.25, 0.3) is 5.91 Å². The molecule has 122 valence electrons. The molecule has 1 aromatic carbocycles. The second-order valence-corrected chi connectivity index (χ2v) is 6.10. The van der Waals surface area contributed by atoms with E-state index in [4.69, 9.17) is 4.74 Å². The van der Waals surface area contributed by atoms with Crippen molar-refractivity contribution in [2.24, 2.45) is 0 Å². The van der Waals surface area contributed by atoms with Gasteiger partial charge in [0.05, 0.1) is 0 Å². The predicted octanol–water partition coefficient (Wildman–Crippen LogP) is 2.64. The first-order valence-corrected chi connectivity index (χ1v) is 8.22. The molecule has 1 aromatic heterocycles. The van der Waals surface area contributed by atoms with Gasteiger partial charge in [0.15, 0.2) is 6.61 Å². The number of Topliss-reactive ketones (excluding diaryl/α,β-unsaturated/α-hetero) is 1. The third kappa shape index (κ3) is 5.78. The number of aryl methyl sites for hydroxylation is 2. The fourth-order valence-electron chi connectivity index (χ4n) is 1.82. The standard InChI is InChI=1S/C16H19N3O3S/c1-3-15-18-19-16(23-15)17-14(21)10-22-13-8-6-12(7-9-13)5-4-11(2)20/h6-9H,3-5,10H2,1-2H3,(H,17,19,21). The van der Waals surface area contributed by atoms with E-state index in [1.165, 1.54) is 11.3 Å². The molecule has 0 spiro atoms. The predicted molar refractivity (Wildman–Crippen MR) is 88.9 cm³/mol. The monoisotopic (exact) mass is 333 g/mol. The molecule has 1 amide bonds. The summed E-state index contributed by atoms with van der Waals surface area (Å²) in [6.07, 6.45) is 2.04. The topological polar surface area (TPSA) is 81.2 Å². The zero-order valence-corrected chi connectivity index (χ0v) is 14.0. The molecule has 2 aromatic rings. The minimum Gasteiger partial charge on any atom is -0.484 e. The lowest BCUT2D eigenvalue weighted by atomic mass is 10.1. The van der Waals surface area contributed by atoms with Crippen LogP contribution >= 0.6 is 11.3 Å². The third-order valence-corrected chi connectivity index (χ3v) is 4.06. The van der Waals surface area contributed by atoms with Gasteiger partial charge < -0.3 is 9.53 Å². The summed E-state index contributed by atoms with van der Waals surface area (Å²) >= 11 is 1.36. The second-order valence-electron chi connectivity index (χ2n) is 5.04. The Morgan fingerprint density at radius 2 is 1.96 bits per heavy atom. The van der Waals surface area contributed by atoms with E-state index in [1.54, 1.807) is 19.1 Å². The van der Waals surface area contributed by atoms with Crippen LogP contribution < -0.4 is 10.1 Å². The Hall–Kier alpha value is -2.28. The van der Waals surface area contributed by atoms with Crippen LogP contribution in [0.4, 0.5) is 5.13 Å². The summed E-state index contributed by atoms with van der Waals surface area (Å²) in [5.74, 6) is 0.507. The molecular weight excluding hydrogens is 314 g/mol. The fourth-order valence-corrected chi connectivity index (χ4v) is 2.52. The number of hydrogen-bond acceptors (Lipinski definition) is 6. The molecule has 0 atom stereocenters. The molecule has 0 bridgehead atoms. The number of hydrogen-bond donors (Lipinski definition) is 1. The Kier molecular flexibility index (Phi) is 6.22. The molecule has 0 aliphatic carbocycles. The van der Waals surface area contributed by atoms with Gasteiger partial charge >= 0.3 is 0 Å². The lowest BCUT2D eigenvalue weighted by Crippen LogP contribution is -2.20. The summed E-state index contributed by atoms with van der Waals surface area (Å²) in [5, 5.41) is 11.8. The number of anilines is 1. The molecule has 6 nitrogen and oxygen atoms in total. The molecule has 0 aliphatic heterocycles. The van der Waals surface area contributed by atoms with Gasteiger partial charge in [0, 0.05) is 6.42 Å². The van der Waals surface area contributed by atoms with E-state index < -0.39 is 0 Å². The number of nitrogens with zero attached hydrogens (tertiary/aromatic N) is 2. The molecule has 23 heavy (non-hydrogen) atoms. The van der Waals surface area contributed by atoms with E-state index in [-0.39, 0.29) is 18.3 Å². The van der Waals surface area contributed by atoms with Crippen LogP contribution in [0.15, 0.2) is 24.3 Å². The maximum atomic E-state index is 11.8. The summed E-state index contributed by atoms with van der Waals surface area (Å²) in [7, 11) is 0. The molecule has 2 rings (SSSR count). The first-order valence-electron chi connectivity index (χ1n) is 7.40. The number of nitrogens with one attached hydrogen (secondary N) is 1. The van der Waals surface area contributed by atoms with E-state index in [2.05, 4.69) is 15.5 Å². The van der Waals surface area contributed by atoms with Gasteiger partial charge in [-0.1, -0.05) is 30.4 Å². The van der Waals surface area contributed by atoms with Gasteiger partial charge in [-0.25, -0.2) is 0 Å². The Morgan fingerprint density at radius 3 is 2.57 bits per heavy atom. The molecular formula is C16H19N3O3S. The highest BCUT2D eigenvalue weighted by atomic mass is 32.1. The van der Waals surface area contributed by atoms with Crippen LogP contribution in [0.3, 0.4) is 0 Å². The van der Waals surface area contributed by atoms with Gasteiger partial charge in [-0.3, -0.25) is 10.1 Å². The fraction of sp³-hybridized carbons (Fsp3) is 0.375. The van der Waals surface area contributed by atoms with Crippen molar-refractivity contribution in [2.45, 2.75) is 33.1 Å². The summed E-state index contributed by atoms with van der Waals surface area (Å²) in [5.41, 5.74) is 1.07. The first-order chi connectivity index (χ1) is 11.1. The highest BCUT2D eigenvalue weighted by Crippen LogP contribution is 2.16. The SMILES string of the molecule is CCc1nnc(NC(=O)COc2ccc(CCC(C)=O)cc2)s1. The Labute approximate surface area is 138 Å². The van der Waals surface area contributed by atoms with Crippen LogP contribution in [-0.4, -0.2) is 28.5 Å². The molecule has 0 saturated heterocycles. The van der Waals surface area contributed by atoms with Crippen molar-refractivity contribution in [3.8, 4) is 5.75 Å². The molecule has 0 fully saturated rings. The van der Waals surface area contributed by atoms with Crippen molar-refractivity contribution in [2.75, 3.05) is 11.9 Å². The van der Waals surface area contributed by atoms with Crippen LogP contribution in [0.1, 0.15) is 30.8 Å². The number of amides is 1. The summed E-state index contributed by atoms with van der Waals surface area (Å²) in [6.45, 7) is 3.47. The van der Waals surface area contributed by atoms with Crippen molar-refractivity contribution >= 4 is 28.2 Å². The van der Waals surface area contributed by atoms with Crippen molar-refractivity contribution in [3.05, 3.63) is 34.8 Å². The van der Waals surface area contributed by atoms with E-state index in [1.807, 2.05) is 19.1 Å². The lowest BCUT2D eigenvalue weighted by molar-refractivity contribution is -0.118. The molecule has 1 heterocycles. The van der Waals surface area contributed by atoms with Crippen molar-refractivity contribution in [1.82, 2.24) is 10.2 Å². The van der Waals surface area contributed by atoms with Crippen LogP contribution in [-0.2, 0) is 22.4 Å². The maximum Gasteiger partial charge on any atom is 0.264 e. The molecule has 0 unspecified atom stereocenters. The maximum absolute atomic E-state index is 11.8. The van der Waals surface area contributed by atoms with Crippen LogP contribution in [0.25, 0.3) is 0 Å². The van der Waals surface area contributed by atoms with Crippen molar-refractivity contribution in [3.63, 3.8) is 0 Å². The molecule has 0 aliphatic rings. The zero-order valence-electron chi connectivity index (χ0n) is 13.2. The van der Waals surface area contributed by atoms with Gasteiger partial charge in [0.2, 0.25) is 5.13 Å². The molecule has 0 saturated carbocycles. The van der Waals surface area contributed by atoms with E-state index in [0.717, 1.165) is 17.0 Å². The Bertz CT molecular complexity index is 667. The number of ether oxygens (including phenoxy) is 1. The highest BCUT2D eigenvalue weighted by molar-refractivity contribution is 7.15. The number of carbonyl (C=O) groups is 2. The average Bonchev–Trinajstić information content (AvgIpc) is 2.99. The van der Waals surface area contributed by atoms with Crippen molar-refractivity contribution < 1.29 is 14.3 Å². The summed E-state index contributed by atoms with van der Waals surface area (Å²) in [6, 6.07) is 7.38. The number of rotatable bonds is 8. The second kappa shape index (κ2) is 8.38. The zero-order chi connectivity index (χ0) is 16.7. The van der Waals surface area contributed by atoms with Crippen LogP contribution in [0.2, 0.25) is 0 Å². The highest BCUT2D eigenvalue weighted by Gasteiger charge is 2.08. The van der Waals surface area contributed by atoms with Gasteiger partial charge in [0.1, 0.15) is 16.5 Å². The largest absolute Gasteiger partial charge is 0.484 e. The van der Waals surface area contributed by atoms with Crippen LogP contribution in [0.5, 0.6) is 5.75 Å². The Balaban J connectivity index is 1.78. The lowest BCUT2D eigenvalue weighted by Gasteiger charge is -2.06. The minimum atomic E-state index is -0.274. The number of carbonyl (C=O) groups excluding carboxylic acids is 2. The molecule has 1 N–H and O–H groups in total. The number of aromatic nitrogens is 2. The third-order valence-electron chi connectivity index (χ3n) is 3.07. The average molecular weight is 333 g/mol. The quantitative estimate of drug-likeness (QED) is 0.803. The molecule has 0 radical (unpaired) electrons. The van der Waals surface area contributed by atoms with E-state index in [0.29, 0.717) is 23.7 Å². The summed E-state index contributed by atoms with van der Waals surface area (Å²) in [4.78, 5) is 22.7. The number of ketones is 1. The van der Waals surface area contributed by atoms with Crippen LogP contribution in [0, 0.1) is 0 Å². The van der Waals surface area contributed by atoms with E-state index in [9.17, 15) is 9.59 Å². The summed E-state index contributed by atoms with van der Waals surface area (Å²) < 4.78 is 5.43.